The van der Waals surface area contributed by atoms with E-state index in [2.05, 4.69) is 37.2 Å². The molecule has 0 unspecified atom stereocenters. The molecule has 0 saturated carbocycles. The molecular weight excluding hydrogens is 238 g/mol. The van der Waals surface area contributed by atoms with Crippen LogP contribution in [0.4, 0.5) is 0 Å². The molecule has 3 aromatic rings. The van der Waals surface area contributed by atoms with Gasteiger partial charge in [-0.05, 0) is 11.5 Å². The Morgan fingerprint density at radius 3 is 3.05 bits per heavy atom. The molecule has 0 saturated heterocycles. The van der Waals surface area contributed by atoms with Crippen molar-refractivity contribution in [2.45, 2.75) is 13.1 Å². The number of hydrogen-bond acceptors (Lipinski definition) is 4. The lowest BCUT2D eigenvalue weighted by Gasteiger charge is -2.16. The average molecular weight is 251 g/mol. The molecule has 0 bridgehead atoms. The normalized spacial score (nSPS) is 14.5. The quantitative estimate of drug-likeness (QED) is 0.713. The van der Waals surface area contributed by atoms with Crippen LogP contribution >= 0.6 is 0 Å². The number of rotatable bonds is 1. The predicted octanol–water partition coefficient (Wildman–Crippen LogP) is 1.60. The van der Waals surface area contributed by atoms with Gasteiger partial charge in [0.15, 0.2) is 5.82 Å². The van der Waals surface area contributed by atoms with Gasteiger partial charge in [0.05, 0.1) is 6.54 Å². The van der Waals surface area contributed by atoms with Gasteiger partial charge in [0.2, 0.25) is 0 Å². The summed E-state index contributed by atoms with van der Waals surface area (Å²) in [6.07, 6.45) is 1.83. The predicted molar refractivity (Wildman–Crippen MR) is 72.5 cm³/mol. The first kappa shape index (κ1) is 10.6. The summed E-state index contributed by atoms with van der Waals surface area (Å²) < 4.78 is 2.16. The van der Waals surface area contributed by atoms with Gasteiger partial charge >= 0.3 is 0 Å². The van der Waals surface area contributed by atoms with Gasteiger partial charge in [0.1, 0.15) is 11.5 Å². The van der Waals surface area contributed by atoms with Crippen molar-refractivity contribution in [1.82, 2.24) is 25.1 Å². The van der Waals surface area contributed by atoms with E-state index < -0.39 is 0 Å². The number of aromatic nitrogens is 4. The van der Waals surface area contributed by atoms with Crippen molar-refractivity contribution in [3.8, 4) is 11.5 Å². The van der Waals surface area contributed by atoms with Crippen LogP contribution in [0.1, 0.15) is 5.82 Å². The zero-order valence-corrected chi connectivity index (χ0v) is 10.4. The van der Waals surface area contributed by atoms with Crippen LogP contribution in [0.15, 0.2) is 36.5 Å². The van der Waals surface area contributed by atoms with Crippen LogP contribution in [0.5, 0.6) is 0 Å². The lowest BCUT2D eigenvalue weighted by Crippen LogP contribution is -2.28. The molecule has 1 aliphatic heterocycles. The monoisotopic (exact) mass is 251 g/mol. The molecule has 0 amide bonds. The van der Waals surface area contributed by atoms with Crippen molar-refractivity contribution in [1.29, 1.82) is 0 Å². The third-order valence-corrected chi connectivity index (χ3v) is 3.51. The van der Waals surface area contributed by atoms with Gasteiger partial charge in [-0.25, -0.2) is 0 Å². The Bertz CT molecular complexity index is 741. The fourth-order valence-corrected chi connectivity index (χ4v) is 2.57. The molecule has 94 valence electrons. The number of hydrogen-bond donors (Lipinski definition) is 1. The minimum Gasteiger partial charge on any atom is -0.308 e. The van der Waals surface area contributed by atoms with Crippen LogP contribution in [0, 0.1) is 0 Å². The molecule has 0 radical (unpaired) electrons. The van der Waals surface area contributed by atoms with Crippen molar-refractivity contribution in [3.05, 3.63) is 42.4 Å². The molecule has 0 aliphatic carbocycles. The number of nitrogens with one attached hydrogen (secondary N) is 1. The van der Waals surface area contributed by atoms with Crippen molar-refractivity contribution in [2.75, 3.05) is 6.54 Å². The van der Waals surface area contributed by atoms with E-state index >= 15 is 0 Å². The van der Waals surface area contributed by atoms with Crippen LogP contribution in [-0.4, -0.2) is 26.3 Å². The summed E-state index contributed by atoms with van der Waals surface area (Å²) in [4.78, 5) is 4.51. The van der Waals surface area contributed by atoms with Gasteiger partial charge < -0.3 is 9.88 Å². The summed E-state index contributed by atoms with van der Waals surface area (Å²) in [5.74, 6) is 1.85. The average Bonchev–Trinajstić information content (AvgIpc) is 2.90. The molecule has 1 N–H and O–H groups in total. The summed E-state index contributed by atoms with van der Waals surface area (Å²) >= 11 is 0. The topological polar surface area (TPSA) is 55.6 Å². The molecule has 0 spiro atoms. The van der Waals surface area contributed by atoms with Crippen LogP contribution in [0.2, 0.25) is 0 Å². The first-order chi connectivity index (χ1) is 9.43. The Balaban J connectivity index is 1.98. The first-order valence-electron chi connectivity index (χ1n) is 6.40. The fraction of sp³-hybridized carbons (Fsp3) is 0.214. The lowest BCUT2D eigenvalue weighted by atomic mass is 10.1. The maximum Gasteiger partial charge on any atom is 0.183 e. The smallest absolute Gasteiger partial charge is 0.183 e. The standard InChI is InChI=1S/C14H13N5/c1-2-4-11-10(3-1)5-6-16-13(11)14-18-17-12-9-15-7-8-19(12)14/h1-6,15H,7-9H2. The highest BCUT2D eigenvalue weighted by Crippen LogP contribution is 2.25. The highest BCUT2D eigenvalue weighted by molar-refractivity contribution is 5.92. The third kappa shape index (κ3) is 1.62. The van der Waals surface area contributed by atoms with Gasteiger partial charge in [-0.1, -0.05) is 24.3 Å². The zero-order chi connectivity index (χ0) is 12.7. The van der Waals surface area contributed by atoms with Gasteiger partial charge in [-0.2, -0.15) is 0 Å². The van der Waals surface area contributed by atoms with E-state index in [1.165, 1.54) is 5.39 Å². The Kier molecular flexibility index (Phi) is 2.31. The molecular formula is C14H13N5. The number of fused-ring (bicyclic) bond motifs is 2. The van der Waals surface area contributed by atoms with E-state index in [4.69, 9.17) is 0 Å². The number of nitrogens with zero attached hydrogens (tertiary/aromatic N) is 4. The van der Waals surface area contributed by atoms with Crippen LogP contribution < -0.4 is 5.32 Å². The van der Waals surface area contributed by atoms with Gasteiger partial charge in [-0.3, -0.25) is 4.98 Å². The van der Waals surface area contributed by atoms with Crippen LogP contribution in [0.3, 0.4) is 0 Å². The van der Waals surface area contributed by atoms with Crippen molar-refractivity contribution in [2.24, 2.45) is 0 Å². The van der Waals surface area contributed by atoms with Crippen LogP contribution in [-0.2, 0) is 13.1 Å². The molecule has 2 aromatic heterocycles. The molecule has 0 fully saturated rings. The minimum atomic E-state index is 0.776. The van der Waals surface area contributed by atoms with E-state index in [0.717, 1.165) is 42.4 Å². The fourth-order valence-electron chi connectivity index (χ4n) is 2.57. The summed E-state index contributed by atoms with van der Waals surface area (Å²) in [7, 11) is 0. The Labute approximate surface area is 110 Å². The van der Waals surface area contributed by atoms with E-state index in [-0.39, 0.29) is 0 Å². The second-order valence-electron chi connectivity index (χ2n) is 4.65. The number of pyridine rings is 1. The van der Waals surface area contributed by atoms with E-state index in [1.54, 1.807) is 0 Å². The van der Waals surface area contributed by atoms with Crippen LogP contribution in [0.25, 0.3) is 22.3 Å². The maximum absolute atomic E-state index is 4.51. The van der Waals surface area contributed by atoms with Gasteiger partial charge in [-0.15, -0.1) is 10.2 Å². The lowest BCUT2D eigenvalue weighted by molar-refractivity contribution is 0.508. The molecule has 5 heteroatoms. The molecule has 0 atom stereocenters. The molecule has 5 nitrogen and oxygen atoms in total. The first-order valence-corrected chi connectivity index (χ1v) is 6.40. The maximum atomic E-state index is 4.51. The summed E-state index contributed by atoms with van der Waals surface area (Å²) in [6.45, 7) is 2.61. The second-order valence-corrected chi connectivity index (χ2v) is 4.65. The highest BCUT2D eigenvalue weighted by atomic mass is 15.3. The summed E-state index contributed by atoms with van der Waals surface area (Å²) in [6, 6.07) is 10.3. The molecule has 1 aromatic carbocycles. The van der Waals surface area contributed by atoms with Crippen molar-refractivity contribution < 1.29 is 0 Å². The van der Waals surface area contributed by atoms with Crippen molar-refractivity contribution >= 4 is 10.8 Å². The van der Waals surface area contributed by atoms with Gasteiger partial charge in [0, 0.05) is 24.7 Å². The number of benzene rings is 1. The highest BCUT2D eigenvalue weighted by Gasteiger charge is 2.18. The zero-order valence-electron chi connectivity index (χ0n) is 10.4. The van der Waals surface area contributed by atoms with E-state index in [9.17, 15) is 0 Å². The molecule has 3 heterocycles. The second kappa shape index (κ2) is 4.13. The summed E-state index contributed by atoms with van der Waals surface area (Å²) in [5, 5.41) is 14.2. The van der Waals surface area contributed by atoms with E-state index in [0.29, 0.717) is 0 Å². The largest absolute Gasteiger partial charge is 0.308 e. The molecule has 1 aliphatic rings. The molecule has 4 rings (SSSR count). The SMILES string of the molecule is c1ccc2c(-c3nnc4n3CCNC4)nccc2c1. The Morgan fingerprint density at radius 1 is 1.11 bits per heavy atom. The Morgan fingerprint density at radius 2 is 2.05 bits per heavy atom. The molecule has 19 heavy (non-hydrogen) atoms. The van der Waals surface area contributed by atoms with Crippen molar-refractivity contribution in [3.63, 3.8) is 0 Å². The Hall–Kier alpha value is -2.27. The minimum absolute atomic E-state index is 0.776. The van der Waals surface area contributed by atoms with E-state index in [1.807, 2.05) is 24.4 Å². The summed E-state index contributed by atoms with van der Waals surface area (Å²) in [5.41, 5.74) is 0.916. The van der Waals surface area contributed by atoms with Gasteiger partial charge in [0.25, 0.3) is 0 Å². The third-order valence-electron chi connectivity index (χ3n) is 3.51.